The summed E-state index contributed by atoms with van der Waals surface area (Å²) in [6, 6.07) is 24.0. The number of hydrogen-bond donors (Lipinski definition) is 4. The standard InChI is InChI=1S/C18H19N5O3.C18H21N5O2/c1-11(24)16-10-23(22-20-16)14-7-13(8-14)19-18(25)15-9-17(26-21-15)12-5-3-2-4-6-12;1-12(24)17-11-20-22-23(17)16-7-14(8-16)19-10-15-9-18(25-21-15)13-5-3-2-4-6-13/h2-6,9-11,13-14,24H,7-8H2,1H3,(H,19,25);2-6,9,11-12,14,16,19,24H,7-8,10H2,1H3/t11-,13?,14?;12-,14?,16?/m00/s1. The number of aliphatic hydroxyl groups excluding tert-OH is 2. The van der Waals surface area contributed by atoms with Gasteiger partial charge in [-0.15, -0.1) is 10.2 Å². The van der Waals surface area contributed by atoms with E-state index in [9.17, 15) is 15.0 Å². The molecule has 8 rings (SSSR count). The monoisotopic (exact) mass is 692 g/mol. The average molecular weight is 693 g/mol. The Balaban J connectivity index is 0.000000159. The molecule has 2 fully saturated rings. The van der Waals surface area contributed by atoms with Crippen LogP contribution >= 0.6 is 0 Å². The molecule has 2 aliphatic rings. The van der Waals surface area contributed by atoms with Crippen molar-refractivity contribution in [2.45, 2.75) is 82.5 Å². The highest BCUT2D eigenvalue weighted by atomic mass is 16.5. The van der Waals surface area contributed by atoms with Gasteiger partial charge in [0.05, 0.1) is 48.1 Å². The molecule has 2 atom stereocenters. The molecule has 2 aliphatic carbocycles. The number of carbonyl (C=O) groups is 1. The van der Waals surface area contributed by atoms with Crippen molar-refractivity contribution in [1.82, 2.24) is 50.9 Å². The zero-order valence-electron chi connectivity index (χ0n) is 28.3. The molecule has 4 aromatic heterocycles. The average Bonchev–Trinajstić information content (AvgIpc) is 3.94. The van der Waals surface area contributed by atoms with Crippen LogP contribution in [0.1, 0.15) is 91.4 Å². The summed E-state index contributed by atoms with van der Waals surface area (Å²) in [4.78, 5) is 12.3. The third-order valence-electron chi connectivity index (χ3n) is 9.26. The fraction of sp³-hybridized carbons (Fsp3) is 0.361. The highest BCUT2D eigenvalue weighted by Crippen LogP contribution is 2.34. The minimum absolute atomic E-state index is 0.0589. The van der Waals surface area contributed by atoms with E-state index >= 15 is 0 Å². The lowest BCUT2D eigenvalue weighted by molar-refractivity contribution is 0.0878. The Bertz CT molecular complexity index is 2010. The smallest absolute Gasteiger partial charge is 0.273 e. The van der Waals surface area contributed by atoms with Crippen LogP contribution in [-0.2, 0) is 6.54 Å². The topological polar surface area (TPSA) is 195 Å². The molecule has 1 amide bonds. The van der Waals surface area contributed by atoms with Gasteiger partial charge in [-0.1, -0.05) is 81.4 Å². The van der Waals surface area contributed by atoms with Gasteiger partial charge in [-0.2, -0.15) is 0 Å². The Hall–Kier alpha value is -5.51. The van der Waals surface area contributed by atoms with E-state index in [4.69, 9.17) is 9.05 Å². The molecule has 0 bridgehead atoms. The van der Waals surface area contributed by atoms with Crippen LogP contribution in [0, 0.1) is 0 Å². The summed E-state index contributed by atoms with van der Waals surface area (Å²) in [5.41, 5.74) is 4.39. The molecule has 0 saturated heterocycles. The summed E-state index contributed by atoms with van der Waals surface area (Å²) >= 11 is 0. The van der Waals surface area contributed by atoms with Crippen molar-refractivity contribution in [3.8, 4) is 22.6 Å². The number of rotatable bonds is 11. The minimum Gasteiger partial charge on any atom is -0.387 e. The number of aromatic nitrogens is 8. The number of nitrogens with zero attached hydrogens (tertiary/aromatic N) is 8. The van der Waals surface area contributed by atoms with Crippen molar-refractivity contribution < 1.29 is 24.1 Å². The van der Waals surface area contributed by atoms with E-state index in [0.29, 0.717) is 30.1 Å². The summed E-state index contributed by atoms with van der Waals surface area (Å²) < 4.78 is 14.3. The first-order valence-corrected chi connectivity index (χ1v) is 17.1. The second-order valence-corrected chi connectivity index (χ2v) is 13.1. The van der Waals surface area contributed by atoms with Crippen LogP contribution in [0.25, 0.3) is 22.6 Å². The number of carbonyl (C=O) groups excluding carboxylic acids is 1. The van der Waals surface area contributed by atoms with E-state index in [-0.39, 0.29) is 23.7 Å². The van der Waals surface area contributed by atoms with E-state index in [2.05, 4.69) is 41.6 Å². The van der Waals surface area contributed by atoms with Crippen molar-refractivity contribution in [3.05, 3.63) is 108 Å². The van der Waals surface area contributed by atoms with Crippen LogP contribution in [0.5, 0.6) is 0 Å². The highest BCUT2D eigenvalue weighted by molar-refractivity contribution is 5.93. The molecule has 0 radical (unpaired) electrons. The fourth-order valence-corrected chi connectivity index (χ4v) is 6.13. The van der Waals surface area contributed by atoms with E-state index in [1.165, 1.54) is 0 Å². The van der Waals surface area contributed by atoms with Gasteiger partial charge in [0.1, 0.15) is 5.69 Å². The van der Waals surface area contributed by atoms with E-state index < -0.39 is 12.2 Å². The summed E-state index contributed by atoms with van der Waals surface area (Å²) in [5, 5.41) is 49.7. The molecule has 51 heavy (non-hydrogen) atoms. The van der Waals surface area contributed by atoms with Crippen molar-refractivity contribution in [2.75, 3.05) is 0 Å². The molecule has 15 heteroatoms. The molecule has 4 heterocycles. The third kappa shape index (κ3) is 7.95. The summed E-state index contributed by atoms with van der Waals surface area (Å²) in [5.74, 6) is 1.10. The lowest BCUT2D eigenvalue weighted by Gasteiger charge is -2.36. The quantitative estimate of drug-likeness (QED) is 0.148. The second-order valence-electron chi connectivity index (χ2n) is 13.1. The van der Waals surface area contributed by atoms with Crippen LogP contribution in [0.3, 0.4) is 0 Å². The molecule has 4 N–H and O–H groups in total. The number of benzene rings is 2. The number of hydrogen-bond acceptors (Lipinski definition) is 12. The molecular weight excluding hydrogens is 652 g/mol. The first-order valence-electron chi connectivity index (χ1n) is 17.1. The third-order valence-corrected chi connectivity index (χ3v) is 9.26. The highest BCUT2D eigenvalue weighted by Gasteiger charge is 2.34. The Morgan fingerprint density at radius 1 is 0.843 bits per heavy atom. The van der Waals surface area contributed by atoms with Gasteiger partial charge in [0.2, 0.25) is 0 Å². The van der Waals surface area contributed by atoms with Gasteiger partial charge >= 0.3 is 0 Å². The minimum atomic E-state index is -0.634. The maximum atomic E-state index is 12.3. The predicted molar refractivity (Wildman–Crippen MR) is 184 cm³/mol. The largest absolute Gasteiger partial charge is 0.387 e. The van der Waals surface area contributed by atoms with Crippen molar-refractivity contribution in [1.29, 1.82) is 0 Å². The fourth-order valence-electron chi connectivity index (χ4n) is 6.13. The molecule has 2 aromatic carbocycles. The van der Waals surface area contributed by atoms with Gasteiger partial charge in [-0.3, -0.25) is 4.79 Å². The van der Waals surface area contributed by atoms with Crippen LogP contribution in [0.2, 0.25) is 0 Å². The molecule has 264 valence electrons. The van der Waals surface area contributed by atoms with Crippen LogP contribution in [-0.4, -0.2) is 68.5 Å². The number of amides is 1. The Morgan fingerprint density at radius 3 is 2.14 bits per heavy atom. The van der Waals surface area contributed by atoms with Crippen molar-refractivity contribution in [3.63, 3.8) is 0 Å². The van der Waals surface area contributed by atoms with Gasteiger partial charge < -0.3 is 29.9 Å². The van der Waals surface area contributed by atoms with E-state index in [0.717, 1.165) is 54.0 Å². The Kier molecular flexibility index (Phi) is 10.1. The first-order chi connectivity index (χ1) is 24.8. The SMILES string of the molecule is C[C@H](O)c1cn(C2CC(NC(=O)c3cc(-c4ccccc4)on3)C2)nn1.C[C@H](O)c1cnnn1C1CC(NCc2cc(-c3ccccc3)on2)C1. The van der Waals surface area contributed by atoms with Gasteiger partial charge in [0.25, 0.3) is 5.91 Å². The molecule has 2 saturated carbocycles. The summed E-state index contributed by atoms with van der Waals surface area (Å²) in [6.45, 7) is 4.06. The summed E-state index contributed by atoms with van der Waals surface area (Å²) in [7, 11) is 0. The second kappa shape index (κ2) is 15.2. The van der Waals surface area contributed by atoms with Crippen molar-refractivity contribution in [2.24, 2.45) is 0 Å². The van der Waals surface area contributed by atoms with Crippen LogP contribution in [0.4, 0.5) is 0 Å². The lowest BCUT2D eigenvalue weighted by atomic mass is 9.86. The van der Waals surface area contributed by atoms with E-state index in [1.54, 1.807) is 37.0 Å². The molecular formula is C36H40N10O5. The van der Waals surface area contributed by atoms with Crippen LogP contribution in [0.15, 0.2) is 94.2 Å². The number of aliphatic hydroxyl groups is 2. The lowest BCUT2D eigenvalue weighted by Crippen LogP contribution is -2.45. The van der Waals surface area contributed by atoms with Crippen molar-refractivity contribution >= 4 is 5.91 Å². The molecule has 0 aliphatic heterocycles. The van der Waals surface area contributed by atoms with Gasteiger partial charge in [0, 0.05) is 41.9 Å². The number of nitrogens with one attached hydrogen (secondary N) is 2. The predicted octanol–water partition coefficient (Wildman–Crippen LogP) is 4.60. The van der Waals surface area contributed by atoms with Gasteiger partial charge in [-0.25, -0.2) is 9.36 Å². The molecule has 15 nitrogen and oxygen atoms in total. The molecule has 0 unspecified atom stereocenters. The van der Waals surface area contributed by atoms with Gasteiger partial charge in [-0.05, 0) is 39.5 Å². The summed E-state index contributed by atoms with van der Waals surface area (Å²) in [6.07, 6.45) is 5.65. The first kappa shape index (κ1) is 34.0. The molecule has 6 aromatic rings. The normalized spacial score (nSPS) is 20.7. The molecule has 0 spiro atoms. The maximum absolute atomic E-state index is 12.3. The van der Waals surface area contributed by atoms with Crippen LogP contribution < -0.4 is 10.6 Å². The zero-order valence-corrected chi connectivity index (χ0v) is 28.3. The Morgan fingerprint density at radius 2 is 1.49 bits per heavy atom. The Labute approximate surface area is 293 Å². The maximum Gasteiger partial charge on any atom is 0.273 e. The van der Waals surface area contributed by atoms with Gasteiger partial charge in [0.15, 0.2) is 17.2 Å². The zero-order chi connectivity index (χ0) is 35.3. The van der Waals surface area contributed by atoms with E-state index in [1.807, 2.05) is 71.4 Å².